The van der Waals surface area contributed by atoms with Crippen LogP contribution in [0.3, 0.4) is 0 Å². The fourth-order valence-corrected chi connectivity index (χ4v) is 2.23. The van der Waals surface area contributed by atoms with Crippen LogP contribution in [0.15, 0.2) is 22.7 Å². The normalized spacial score (nSPS) is 16.4. The summed E-state index contributed by atoms with van der Waals surface area (Å²) in [5.41, 5.74) is -0.967. The number of hydrogen-bond acceptors (Lipinski definition) is 4. The molecule has 0 bridgehead atoms. The van der Waals surface area contributed by atoms with Crippen LogP contribution in [0.5, 0.6) is 0 Å². The van der Waals surface area contributed by atoms with Gasteiger partial charge in [-0.15, -0.1) is 16.0 Å². The van der Waals surface area contributed by atoms with Crippen LogP contribution in [-0.4, -0.2) is 15.4 Å². The minimum absolute atomic E-state index is 0.108. The Balaban J connectivity index is 3.12. The Morgan fingerprint density at radius 1 is 1.56 bits per heavy atom. The smallest absolute Gasteiger partial charge is 0.251 e. The third-order valence-electron chi connectivity index (χ3n) is 1.94. The summed E-state index contributed by atoms with van der Waals surface area (Å²) in [4.78, 5) is 3.19. The monoisotopic (exact) mass is 297 g/mol. The molecule has 0 aliphatic carbocycles. The van der Waals surface area contributed by atoms with E-state index in [0.717, 1.165) is 24.6 Å². The van der Waals surface area contributed by atoms with Crippen LogP contribution in [0.4, 0.5) is 13.2 Å². The summed E-state index contributed by atoms with van der Waals surface area (Å²) in [5, 5.41) is 8.33. The Kier molecular flexibility index (Phi) is 4.19. The van der Waals surface area contributed by atoms with Crippen molar-refractivity contribution in [2.75, 3.05) is 6.26 Å². The molecule has 1 heterocycles. The van der Waals surface area contributed by atoms with E-state index in [2.05, 4.69) is 9.35 Å². The largest absolute Gasteiger partial charge is 0.433 e. The van der Waals surface area contributed by atoms with Gasteiger partial charge in [0.25, 0.3) is 0 Å². The van der Waals surface area contributed by atoms with Gasteiger partial charge in [0.1, 0.15) is 10.4 Å². The maximum Gasteiger partial charge on any atom is 0.433 e. The van der Waals surface area contributed by atoms with Crippen LogP contribution in [0.25, 0.3) is 0 Å². The van der Waals surface area contributed by atoms with E-state index in [1.54, 1.807) is 0 Å². The van der Waals surface area contributed by atoms with E-state index in [0.29, 0.717) is 0 Å². The first-order valence-corrected chi connectivity index (χ1v) is 6.87. The molecule has 0 radical (unpaired) electrons. The SMILES string of the molecule is CS(=O)(=NC#N)C(Cl)c1ccc(C(F)(F)F)nc1. The summed E-state index contributed by atoms with van der Waals surface area (Å²) in [6, 6.07) is 1.79. The van der Waals surface area contributed by atoms with Crippen molar-refractivity contribution in [1.29, 1.82) is 5.26 Å². The number of aromatic nitrogens is 1. The second-order valence-electron chi connectivity index (χ2n) is 3.34. The Morgan fingerprint density at radius 3 is 2.56 bits per heavy atom. The number of nitriles is 1. The molecule has 0 N–H and O–H groups in total. The van der Waals surface area contributed by atoms with Crippen molar-refractivity contribution in [2.45, 2.75) is 10.9 Å². The number of hydrogen-bond donors (Lipinski definition) is 0. The highest BCUT2D eigenvalue weighted by molar-refractivity contribution is 7.94. The Labute approximate surface area is 107 Å². The lowest BCUT2D eigenvalue weighted by molar-refractivity contribution is -0.141. The van der Waals surface area contributed by atoms with Gasteiger partial charge in [0.2, 0.25) is 6.19 Å². The van der Waals surface area contributed by atoms with Gasteiger partial charge in [0, 0.05) is 18.0 Å². The van der Waals surface area contributed by atoms with Crippen LogP contribution in [0, 0.1) is 11.5 Å². The van der Waals surface area contributed by atoms with Crippen molar-refractivity contribution in [1.82, 2.24) is 4.98 Å². The first-order chi connectivity index (χ1) is 8.18. The Hall–Kier alpha value is -1.33. The fourth-order valence-electron chi connectivity index (χ4n) is 1.09. The average molecular weight is 298 g/mol. The number of halogens is 4. The minimum Gasteiger partial charge on any atom is -0.251 e. The average Bonchev–Trinajstić information content (AvgIpc) is 2.27. The molecular weight excluding hydrogens is 291 g/mol. The zero-order valence-corrected chi connectivity index (χ0v) is 10.6. The third-order valence-corrected chi connectivity index (χ3v) is 4.67. The highest BCUT2D eigenvalue weighted by atomic mass is 35.5. The van der Waals surface area contributed by atoms with Crippen LogP contribution in [-0.2, 0) is 15.9 Å². The lowest BCUT2D eigenvalue weighted by Gasteiger charge is -2.11. The molecule has 0 spiro atoms. The standard InChI is InChI=1S/C9H7ClF3N3OS/c1-18(17,16-5-14)8(10)6-2-3-7(15-4-6)9(11,12)13/h2-4,8H,1H3. The predicted molar refractivity (Wildman–Crippen MR) is 59.9 cm³/mol. The maximum absolute atomic E-state index is 12.3. The summed E-state index contributed by atoms with van der Waals surface area (Å²) in [7, 11) is -3.05. The predicted octanol–water partition coefficient (Wildman–Crippen LogP) is 2.92. The van der Waals surface area contributed by atoms with Gasteiger partial charge in [0.15, 0.2) is 0 Å². The van der Waals surface area contributed by atoms with Gasteiger partial charge in [-0.2, -0.15) is 18.4 Å². The molecule has 9 heteroatoms. The summed E-state index contributed by atoms with van der Waals surface area (Å²) >= 11 is 5.80. The van der Waals surface area contributed by atoms with E-state index in [1.807, 2.05) is 0 Å². The van der Waals surface area contributed by atoms with Gasteiger partial charge in [-0.25, -0.2) is 4.21 Å². The van der Waals surface area contributed by atoms with Crippen molar-refractivity contribution in [3.05, 3.63) is 29.6 Å². The third kappa shape index (κ3) is 3.34. The first kappa shape index (κ1) is 14.7. The molecular formula is C9H7ClF3N3OS. The van der Waals surface area contributed by atoms with Crippen LogP contribution >= 0.6 is 11.6 Å². The van der Waals surface area contributed by atoms with E-state index in [9.17, 15) is 17.4 Å². The highest BCUT2D eigenvalue weighted by Crippen LogP contribution is 2.31. The number of nitrogens with zero attached hydrogens (tertiary/aromatic N) is 3. The first-order valence-electron chi connectivity index (χ1n) is 4.45. The molecule has 98 valence electrons. The zero-order valence-electron chi connectivity index (χ0n) is 8.98. The van der Waals surface area contributed by atoms with Gasteiger partial charge in [-0.3, -0.25) is 4.98 Å². The number of alkyl halides is 4. The van der Waals surface area contributed by atoms with E-state index < -0.39 is 26.3 Å². The highest BCUT2D eigenvalue weighted by Gasteiger charge is 2.32. The molecule has 0 aliphatic heterocycles. The second kappa shape index (κ2) is 5.12. The Morgan fingerprint density at radius 2 is 2.17 bits per heavy atom. The van der Waals surface area contributed by atoms with Crippen molar-refractivity contribution < 1.29 is 17.4 Å². The van der Waals surface area contributed by atoms with Crippen molar-refractivity contribution in [3.8, 4) is 6.19 Å². The quantitative estimate of drug-likeness (QED) is 0.622. The number of pyridine rings is 1. The molecule has 4 nitrogen and oxygen atoms in total. The summed E-state index contributed by atoms with van der Waals surface area (Å²) < 4.78 is 50.5. The van der Waals surface area contributed by atoms with Crippen molar-refractivity contribution >= 4 is 21.3 Å². The van der Waals surface area contributed by atoms with Gasteiger partial charge in [-0.1, -0.05) is 6.07 Å². The summed E-state index contributed by atoms with van der Waals surface area (Å²) in [5.74, 6) is 0. The minimum atomic E-state index is -4.55. The zero-order chi connectivity index (χ0) is 14.0. The lowest BCUT2D eigenvalue weighted by Crippen LogP contribution is -2.10. The van der Waals surface area contributed by atoms with Gasteiger partial charge >= 0.3 is 6.18 Å². The topological polar surface area (TPSA) is 66.1 Å². The maximum atomic E-state index is 12.3. The number of rotatable bonds is 2. The van der Waals surface area contributed by atoms with Crippen LogP contribution in [0.1, 0.15) is 16.0 Å². The van der Waals surface area contributed by atoms with Gasteiger partial charge < -0.3 is 0 Å². The molecule has 0 aliphatic rings. The molecule has 0 fully saturated rings. The fraction of sp³-hybridized carbons (Fsp3) is 0.333. The van der Waals surface area contributed by atoms with E-state index in [4.69, 9.17) is 16.9 Å². The molecule has 1 aromatic heterocycles. The summed E-state index contributed by atoms with van der Waals surface area (Å²) in [6.45, 7) is 0. The van der Waals surface area contributed by atoms with Crippen LogP contribution < -0.4 is 0 Å². The molecule has 2 atom stereocenters. The summed E-state index contributed by atoms with van der Waals surface area (Å²) in [6.07, 6.45) is -1.18. The van der Waals surface area contributed by atoms with E-state index >= 15 is 0 Å². The second-order valence-corrected chi connectivity index (χ2v) is 6.41. The molecule has 0 amide bonds. The molecule has 0 aromatic carbocycles. The molecule has 2 unspecified atom stereocenters. The van der Waals surface area contributed by atoms with Crippen molar-refractivity contribution in [2.24, 2.45) is 4.36 Å². The molecule has 0 saturated carbocycles. The van der Waals surface area contributed by atoms with E-state index in [-0.39, 0.29) is 5.56 Å². The molecule has 1 rings (SSSR count). The molecule has 0 saturated heterocycles. The molecule has 1 aromatic rings. The Bertz CT molecular complexity index is 585. The van der Waals surface area contributed by atoms with E-state index in [1.165, 1.54) is 6.19 Å². The van der Waals surface area contributed by atoms with Crippen molar-refractivity contribution in [3.63, 3.8) is 0 Å². The van der Waals surface area contributed by atoms with Gasteiger partial charge in [0.05, 0.1) is 9.73 Å². The van der Waals surface area contributed by atoms with Gasteiger partial charge in [-0.05, 0) is 6.07 Å². The van der Waals surface area contributed by atoms with Crippen LogP contribution in [0.2, 0.25) is 0 Å². The molecule has 18 heavy (non-hydrogen) atoms. The lowest BCUT2D eigenvalue weighted by atomic mass is 10.3.